The van der Waals surface area contributed by atoms with E-state index in [1.54, 1.807) is 17.0 Å². The van der Waals surface area contributed by atoms with Crippen LogP contribution < -0.4 is 14.8 Å². The topological polar surface area (TPSA) is 80.2 Å². The normalized spacial score (nSPS) is 16.1. The van der Waals surface area contributed by atoms with Gasteiger partial charge in [0.1, 0.15) is 0 Å². The first-order valence-corrected chi connectivity index (χ1v) is 13.2. The summed E-state index contributed by atoms with van der Waals surface area (Å²) in [5.74, 6) is 0.552. The number of hydrogen-bond acceptors (Lipinski definition) is 6. The number of para-hydroxylation sites is 1. The molecule has 2 amide bonds. The number of rotatable bonds is 9. The van der Waals surface area contributed by atoms with Crippen LogP contribution in [0.15, 0.2) is 82.7 Å². The number of nitrogens with one attached hydrogen (secondary N) is 1. The van der Waals surface area contributed by atoms with Gasteiger partial charge in [0.25, 0.3) is 11.8 Å². The van der Waals surface area contributed by atoms with Gasteiger partial charge in [-0.25, -0.2) is 4.99 Å². The van der Waals surface area contributed by atoms with Gasteiger partial charge in [0.15, 0.2) is 23.3 Å². The van der Waals surface area contributed by atoms with Crippen LogP contribution in [0.3, 0.4) is 0 Å². The molecular formula is C30H31N3O4S. The zero-order valence-corrected chi connectivity index (χ0v) is 22.7. The minimum absolute atomic E-state index is 0.0115. The van der Waals surface area contributed by atoms with Crippen molar-refractivity contribution < 1.29 is 19.1 Å². The summed E-state index contributed by atoms with van der Waals surface area (Å²) in [7, 11) is 1.54. The lowest BCUT2D eigenvalue weighted by molar-refractivity contribution is -0.123. The maximum absolute atomic E-state index is 13.4. The Kier molecular flexibility index (Phi) is 8.86. The Bertz CT molecular complexity index is 1350. The van der Waals surface area contributed by atoms with E-state index in [9.17, 15) is 9.59 Å². The summed E-state index contributed by atoms with van der Waals surface area (Å²) in [6.07, 6.45) is 2.64. The van der Waals surface area contributed by atoms with Crippen LogP contribution in [0.2, 0.25) is 0 Å². The van der Waals surface area contributed by atoms with Gasteiger partial charge in [0, 0.05) is 11.7 Å². The first kappa shape index (κ1) is 27.0. The lowest BCUT2D eigenvalue weighted by Crippen LogP contribution is -2.36. The van der Waals surface area contributed by atoms with E-state index in [1.807, 2.05) is 80.6 Å². The fourth-order valence-electron chi connectivity index (χ4n) is 3.77. The van der Waals surface area contributed by atoms with Crippen LogP contribution in [0.1, 0.15) is 31.4 Å². The van der Waals surface area contributed by atoms with Gasteiger partial charge < -0.3 is 14.8 Å². The molecule has 1 aliphatic rings. The molecule has 1 heterocycles. The number of nitrogens with zero attached hydrogens (tertiary/aromatic N) is 2. The molecule has 1 aliphatic heterocycles. The molecule has 0 unspecified atom stereocenters. The number of anilines is 1. The van der Waals surface area contributed by atoms with Crippen molar-refractivity contribution in [1.29, 1.82) is 0 Å². The molecule has 1 atom stereocenters. The van der Waals surface area contributed by atoms with Crippen LogP contribution in [0.4, 0.5) is 11.4 Å². The molecular weight excluding hydrogens is 498 g/mol. The average molecular weight is 530 g/mol. The second kappa shape index (κ2) is 12.5. The van der Waals surface area contributed by atoms with Crippen molar-refractivity contribution in [2.75, 3.05) is 19.0 Å². The van der Waals surface area contributed by atoms with Gasteiger partial charge >= 0.3 is 0 Å². The third kappa shape index (κ3) is 6.63. The number of aryl methyl sites for hydroxylation is 1. The molecule has 0 spiro atoms. The Morgan fingerprint density at radius 2 is 1.82 bits per heavy atom. The third-order valence-electron chi connectivity index (χ3n) is 6.03. The Labute approximate surface area is 227 Å². The van der Waals surface area contributed by atoms with Gasteiger partial charge in [0.2, 0.25) is 0 Å². The van der Waals surface area contributed by atoms with Crippen molar-refractivity contribution in [3.8, 4) is 11.5 Å². The van der Waals surface area contributed by atoms with Crippen molar-refractivity contribution in [1.82, 2.24) is 4.90 Å². The van der Waals surface area contributed by atoms with Crippen molar-refractivity contribution >= 4 is 46.2 Å². The van der Waals surface area contributed by atoms with Crippen LogP contribution in [0.25, 0.3) is 6.08 Å². The molecule has 8 heteroatoms. The highest BCUT2D eigenvalue weighted by atomic mass is 32.2. The number of amidine groups is 1. The average Bonchev–Trinajstić information content (AvgIpc) is 3.23. The van der Waals surface area contributed by atoms with Gasteiger partial charge in [-0.2, -0.15) is 0 Å². The summed E-state index contributed by atoms with van der Waals surface area (Å²) in [6, 6.07) is 22.5. The number of thioether (sulfide) groups is 1. The molecule has 7 nitrogen and oxygen atoms in total. The maximum Gasteiger partial charge on any atom is 0.266 e. The minimum Gasteiger partial charge on any atom is -0.493 e. The Morgan fingerprint density at radius 1 is 1.08 bits per heavy atom. The largest absolute Gasteiger partial charge is 0.493 e. The van der Waals surface area contributed by atoms with E-state index in [4.69, 9.17) is 14.5 Å². The second-order valence-corrected chi connectivity index (χ2v) is 9.90. The number of ether oxygens (including phenoxy) is 2. The quantitative estimate of drug-likeness (QED) is 0.324. The first-order chi connectivity index (χ1) is 18.4. The Morgan fingerprint density at radius 3 is 2.50 bits per heavy atom. The van der Waals surface area contributed by atoms with Gasteiger partial charge in [-0.05, 0) is 80.1 Å². The van der Waals surface area contributed by atoms with Crippen molar-refractivity contribution in [3.05, 3.63) is 88.8 Å². The van der Waals surface area contributed by atoms with Gasteiger partial charge in [-0.15, -0.1) is 0 Å². The Balaban J connectivity index is 1.51. The summed E-state index contributed by atoms with van der Waals surface area (Å²) >= 11 is 1.36. The number of aliphatic imine (C=N–C) groups is 1. The van der Waals surface area contributed by atoms with E-state index in [2.05, 4.69) is 12.2 Å². The molecule has 1 fully saturated rings. The number of carbonyl (C=O) groups excluding carboxylic acids is 2. The molecule has 4 rings (SSSR count). The van der Waals surface area contributed by atoms with Crippen molar-refractivity contribution in [2.45, 2.75) is 33.2 Å². The molecule has 0 bridgehead atoms. The Hall–Kier alpha value is -4.04. The van der Waals surface area contributed by atoms with E-state index in [0.717, 1.165) is 23.2 Å². The van der Waals surface area contributed by atoms with Gasteiger partial charge in [-0.1, -0.05) is 48.9 Å². The van der Waals surface area contributed by atoms with E-state index < -0.39 is 0 Å². The summed E-state index contributed by atoms with van der Waals surface area (Å²) in [5, 5.41) is 3.45. The number of hydrogen-bond donors (Lipinski definition) is 1. The molecule has 0 aliphatic carbocycles. The summed E-state index contributed by atoms with van der Waals surface area (Å²) in [5.41, 5.74) is 3.44. The van der Waals surface area contributed by atoms with E-state index in [0.29, 0.717) is 27.3 Å². The van der Waals surface area contributed by atoms with Crippen LogP contribution in [-0.2, 0) is 9.59 Å². The van der Waals surface area contributed by atoms with Crippen LogP contribution in [-0.4, -0.2) is 41.6 Å². The predicted octanol–water partition coefficient (Wildman–Crippen LogP) is 6.42. The lowest BCUT2D eigenvalue weighted by atomic mass is 10.1. The standard InChI is InChI=1S/C30H31N3O4S/c1-5-21(3)33-29(35)27(38-30(33)32-24-14-11-20(2)12-15-24)18-22-13-16-25(26(17-22)36-4)37-19-28(34)31-23-9-7-6-8-10-23/h6-18,21H,5,19H2,1-4H3,(H,31,34)/b27-18+,32-30?/t21-/m1/s1. The van der Waals surface area contributed by atoms with Crippen molar-refractivity contribution in [3.63, 3.8) is 0 Å². The number of benzene rings is 3. The molecule has 0 saturated carbocycles. The fraction of sp³-hybridized carbons (Fsp3) is 0.233. The second-order valence-electron chi connectivity index (χ2n) is 8.89. The lowest BCUT2D eigenvalue weighted by Gasteiger charge is -2.22. The molecule has 196 valence electrons. The molecule has 38 heavy (non-hydrogen) atoms. The maximum atomic E-state index is 13.4. The minimum atomic E-state index is -0.275. The number of amides is 2. The summed E-state index contributed by atoms with van der Waals surface area (Å²) < 4.78 is 11.2. The highest BCUT2D eigenvalue weighted by Crippen LogP contribution is 2.37. The van der Waals surface area contributed by atoms with E-state index in [-0.39, 0.29) is 24.5 Å². The molecule has 3 aromatic rings. The zero-order valence-electron chi connectivity index (χ0n) is 21.9. The van der Waals surface area contributed by atoms with Crippen LogP contribution in [0, 0.1) is 6.92 Å². The SMILES string of the molecule is CC[C@@H](C)N1C(=O)/C(=C\c2ccc(OCC(=O)Nc3ccccc3)c(OC)c2)SC1=Nc1ccc(C)cc1. The highest BCUT2D eigenvalue weighted by Gasteiger charge is 2.36. The number of carbonyl (C=O) groups is 2. The van der Waals surface area contributed by atoms with Crippen LogP contribution in [0.5, 0.6) is 11.5 Å². The third-order valence-corrected chi connectivity index (χ3v) is 7.01. The van der Waals surface area contributed by atoms with E-state index >= 15 is 0 Å². The zero-order chi connectivity index (χ0) is 27.1. The van der Waals surface area contributed by atoms with Gasteiger partial charge in [-0.3, -0.25) is 14.5 Å². The summed E-state index contributed by atoms with van der Waals surface area (Å²) in [4.78, 5) is 32.7. The van der Waals surface area contributed by atoms with Crippen LogP contribution >= 0.6 is 11.8 Å². The number of methoxy groups -OCH3 is 1. The van der Waals surface area contributed by atoms with Crippen molar-refractivity contribution in [2.24, 2.45) is 4.99 Å². The van der Waals surface area contributed by atoms with E-state index in [1.165, 1.54) is 18.9 Å². The van der Waals surface area contributed by atoms with Gasteiger partial charge in [0.05, 0.1) is 17.7 Å². The molecule has 0 radical (unpaired) electrons. The fourth-order valence-corrected chi connectivity index (χ4v) is 4.86. The smallest absolute Gasteiger partial charge is 0.266 e. The molecule has 1 N–H and O–H groups in total. The molecule has 1 saturated heterocycles. The predicted molar refractivity (Wildman–Crippen MR) is 154 cm³/mol. The monoisotopic (exact) mass is 529 g/mol. The molecule has 3 aromatic carbocycles. The summed E-state index contributed by atoms with van der Waals surface area (Å²) in [6.45, 7) is 5.94. The first-order valence-electron chi connectivity index (χ1n) is 12.4. The molecule has 0 aromatic heterocycles. The highest BCUT2D eigenvalue weighted by molar-refractivity contribution is 8.18.